The summed E-state index contributed by atoms with van der Waals surface area (Å²) in [7, 11) is 5.43. The third-order valence-electron chi connectivity index (χ3n) is 7.78. The maximum atomic E-state index is 14.1. The number of amides is 1. The zero-order valence-corrected chi connectivity index (χ0v) is 22.0. The van der Waals surface area contributed by atoms with E-state index < -0.39 is 0 Å². The van der Waals surface area contributed by atoms with E-state index in [1.807, 2.05) is 59.5 Å². The Hall–Kier alpha value is -4.51. The minimum Gasteiger partial charge on any atom is -0.497 e. The summed E-state index contributed by atoms with van der Waals surface area (Å²) in [6.07, 6.45) is 0. The van der Waals surface area contributed by atoms with Crippen LogP contribution in [0.3, 0.4) is 0 Å². The number of rotatable bonds is 6. The molecule has 1 amide bonds. The summed E-state index contributed by atoms with van der Waals surface area (Å²) < 4.78 is 13.7. The fraction of sp³-hybridized carbons (Fsp3) is 0.182. The average molecular weight is 503 g/mol. The molecule has 0 saturated carbocycles. The van der Waals surface area contributed by atoms with Crippen LogP contribution in [0.25, 0.3) is 22.2 Å². The number of carbonyl (C=O) groups excluding carboxylic acids is 1. The third kappa shape index (κ3) is 3.58. The van der Waals surface area contributed by atoms with Gasteiger partial charge in [-0.1, -0.05) is 66.7 Å². The Morgan fingerprint density at radius 3 is 2.26 bits per heavy atom. The van der Waals surface area contributed by atoms with Crippen molar-refractivity contribution in [3.8, 4) is 22.8 Å². The minimum atomic E-state index is -0.286. The van der Waals surface area contributed by atoms with Crippen molar-refractivity contribution in [3.05, 3.63) is 119 Å². The lowest BCUT2D eigenvalue weighted by atomic mass is 9.92. The Morgan fingerprint density at radius 2 is 1.50 bits per heavy atom. The number of hydrogen-bond donors (Lipinski definition) is 0. The predicted molar refractivity (Wildman–Crippen MR) is 151 cm³/mol. The van der Waals surface area contributed by atoms with E-state index in [-0.39, 0.29) is 18.0 Å². The summed E-state index contributed by atoms with van der Waals surface area (Å²) in [4.78, 5) is 16.1. The molecule has 5 nitrogen and oxygen atoms in total. The van der Waals surface area contributed by atoms with Crippen molar-refractivity contribution in [1.82, 2.24) is 9.47 Å². The van der Waals surface area contributed by atoms with E-state index in [2.05, 4.69) is 61.0 Å². The first-order valence-electron chi connectivity index (χ1n) is 12.8. The van der Waals surface area contributed by atoms with Crippen LogP contribution in [0.5, 0.6) is 11.5 Å². The van der Waals surface area contributed by atoms with Gasteiger partial charge in [0.2, 0.25) is 0 Å². The molecule has 0 unspecified atom stereocenters. The molecule has 1 aliphatic heterocycles. The lowest BCUT2D eigenvalue weighted by Crippen LogP contribution is -2.32. The summed E-state index contributed by atoms with van der Waals surface area (Å²) in [5, 5.41) is 1.11. The lowest BCUT2D eigenvalue weighted by molar-refractivity contribution is 0.0678. The standard InChI is InChI=1S/C33H30N2O3/c1-21(22-12-6-5-7-13-22)35-32(24-14-8-9-15-25(24)33(35)36)30-26-16-10-11-17-28(26)34(2)31(30)27-20-23(37-3)18-19-29(27)38-4/h5-21,32H,1-4H3/t21-,32-/m0/s1. The summed E-state index contributed by atoms with van der Waals surface area (Å²) in [6, 6.07) is 32.1. The number of aromatic nitrogens is 1. The average Bonchev–Trinajstić information content (AvgIpc) is 3.43. The summed E-state index contributed by atoms with van der Waals surface area (Å²) >= 11 is 0. The van der Waals surface area contributed by atoms with Gasteiger partial charge in [0, 0.05) is 34.6 Å². The maximum absolute atomic E-state index is 14.1. The smallest absolute Gasteiger partial charge is 0.255 e. The van der Waals surface area contributed by atoms with Crippen LogP contribution >= 0.6 is 0 Å². The summed E-state index contributed by atoms with van der Waals surface area (Å²) in [6.45, 7) is 2.11. The first-order valence-corrected chi connectivity index (χ1v) is 12.8. The molecule has 0 N–H and O–H groups in total. The molecule has 1 aromatic heterocycles. The third-order valence-corrected chi connectivity index (χ3v) is 7.78. The van der Waals surface area contributed by atoms with E-state index in [4.69, 9.17) is 9.47 Å². The number of methoxy groups -OCH3 is 2. The van der Waals surface area contributed by atoms with E-state index >= 15 is 0 Å². The van der Waals surface area contributed by atoms with Crippen LogP contribution < -0.4 is 9.47 Å². The molecule has 0 radical (unpaired) electrons. The topological polar surface area (TPSA) is 43.7 Å². The molecule has 0 bridgehead atoms. The Morgan fingerprint density at radius 1 is 0.789 bits per heavy atom. The van der Waals surface area contributed by atoms with Crippen molar-refractivity contribution in [2.45, 2.75) is 19.0 Å². The normalized spacial score (nSPS) is 15.5. The number of ether oxygens (including phenoxy) is 2. The number of aryl methyl sites for hydroxylation is 1. The van der Waals surface area contributed by atoms with Gasteiger partial charge in [0.05, 0.1) is 32.0 Å². The molecule has 1 aliphatic rings. The number of para-hydroxylation sites is 1. The van der Waals surface area contributed by atoms with Gasteiger partial charge in [0.25, 0.3) is 5.91 Å². The molecular formula is C33H30N2O3. The van der Waals surface area contributed by atoms with E-state index in [0.29, 0.717) is 0 Å². The molecule has 5 heteroatoms. The fourth-order valence-corrected chi connectivity index (χ4v) is 5.95. The van der Waals surface area contributed by atoms with Gasteiger partial charge in [-0.3, -0.25) is 4.79 Å². The molecule has 6 rings (SSSR count). The lowest BCUT2D eigenvalue weighted by Gasteiger charge is -2.33. The van der Waals surface area contributed by atoms with Crippen molar-refractivity contribution in [2.75, 3.05) is 14.2 Å². The molecule has 2 atom stereocenters. The number of fused-ring (bicyclic) bond motifs is 2. The highest BCUT2D eigenvalue weighted by Crippen LogP contribution is 2.50. The Labute approximate surface area is 222 Å². The van der Waals surface area contributed by atoms with Crippen LogP contribution in [0.2, 0.25) is 0 Å². The van der Waals surface area contributed by atoms with Crippen LogP contribution in [0.1, 0.15) is 46.1 Å². The molecule has 0 spiro atoms. The fourth-order valence-electron chi connectivity index (χ4n) is 5.95. The zero-order chi connectivity index (χ0) is 26.4. The van der Waals surface area contributed by atoms with Gasteiger partial charge >= 0.3 is 0 Å². The van der Waals surface area contributed by atoms with E-state index in [9.17, 15) is 4.79 Å². The van der Waals surface area contributed by atoms with Gasteiger partial charge in [-0.15, -0.1) is 0 Å². The highest BCUT2D eigenvalue weighted by atomic mass is 16.5. The first-order chi connectivity index (χ1) is 18.5. The van der Waals surface area contributed by atoms with E-state index in [1.54, 1.807) is 14.2 Å². The van der Waals surface area contributed by atoms with Gasteiger partial charge < -0.3 is 18.9 Å². The Kier molecular flexibility index (Phi) is 5.91. The molecule has 0 saturated heterocycles. The molecule has 0 fully saturated rings. The Balaban J connectivity index is 1.69. The van der Waals surface area contributed by atoms with Gasteiger partial charge in [0.1, 0.15) is 11.5 Å². The zero-order valence-electron chi connectivity index (χ0n) is 22.0. The second-order valence-electron chi connectivity index (χ2n) is 9.69. The highest BCUT2D eigenvalue weighted by Gasteiger charge is 2.43. The van der Waals surface area contributed by atoms with Crippen LogP contribution in [-0.2, 0) is 7.05 Å². The van der Waals surface area contributed by atoms with Gasteiger partial charge in [-0.05, 0) is 48.4 Å². The van der Waals surface area contributed by atoms with Crippen LogP contribution in [0.15, 0.2) is 97.1 Å². The second kappa shape index (κ2) is 9.42. The maximum Gasteiger partial charge on any atom is 0.255 e. The molecule has 38 heavy (non-hydrogen) atoms. The summed E-state index contributed by atoms with van der Waals surface area (Å²) in [5.41, 5.74) is 6.95. The number of benzene rings is 4. The number of carbonyl (C=O) groups is 1. The number of nitrogens with zero attached hydrogens (tertiary/aromatic N) is 2. The van der Waals surface area contributed by atoms with Crippen molar-refractivity contribution in [3.63, 3.8) is 0 Å². The minimum absolute atomic E-state index is 0.0402. The molecule has 5 aromatic rings. The van der Waals surface area contributed by atoms with Crippen LogP contribution in [0.4, 0.5) is 0 Å². The predicted octanol–water partition coefficient (Wildman–Crippen LogP) is 7.17. The highest BCUT2D eigenvalue weighted by molar-refractivity contribution is 6.03. The van der Waals surface area contributed by atoms with Crippen LogP contribution in [0, 0.1) is 0 Å². The van der Waals surface area contributed by atoms with E-state index in [1.165, 1.54) is 0 Å². The number of hydrogen-bond acceptors (Lipinski definition) is 3. The van der Waals surface area contributed by atoms with E-state index in [0.717, 1.165) is 55.9 Å². The molecule has 4 aromatic carbocycles. The van der Waals surface area contributed by atoms with Crippen molar-refractivity contribution in [2.24, 2.45) is 7.05 Å². The van der Waals surface area contributed by atoms with Crippen molar-refractivity contribution >= 4 is 16.8 Å². The molecule has 2 heterocycles. The van der Waals surface area contributed by atoms with Crippen molar-refractivity contribution in [1.29, 1.82) is 0 Å². The van der Waals surface area contributed by atoms with Crippen molar-refractivity contribution < 1.29 is 14.3 Å². The first kappa shape index (κ1) is 23.9. The summed E-state index contributed by atoms with van der Waals surface area (Å²) in [5.74, 6) is 1.53. The monoisotopic (exact) mass is 502 g/mol. The molecular weight excluding hydrogens is 472 g/mol. The largest absolute Gasteiger partial charge is 0.497 e. The van der Waals surface area contributed by atoms with Crippen LogP contribution in [-0.4, -0.2) is 29.6 Å². The van der Waals surface area contributed by atoms with Gasteiger partial charge in [-0.2, -0.15) is 0 Å². The second-order valence-corrected chi connectivity index (χ2v) is 9.69. The molecule has 190 valence electrons. The van der Waals surface area contributed by atoms with Gasteiger partial charge in [0.15, 0.2) is 0 Å². The van der Waals surface area contributed by atoms with Gasteiger partial charge in [-0.25, -0.2) is 0 Å². The quantitative estimate of drug-likeness (QED) is 0.247. The Bertz CT molecular complexity index is 1650. The molecule has 0 aliphatic carbocycles. The SMILES string of the molecule is COc1ccc(OC)c(-c2c([C@@H]3c4ccccc4C(=O)N3[C@@H](C)c3ccccc3)c3ccccc3n2C)c1.